The molecular formula is C24H25N5O2. The first-order chi connectivity index (χ1) is 14.9. The SMILES string of the molecule is CN1CCOc2ccc(-c3cn4ccnc4c(Nc4ccc(C(C)(C)O)cc4)n3)cc21. The van der Waals surface area contributed by atoms with Gasteiger partial charge in [0.05, 0.1) is 23.5 Å². The highest BCUT2D eigenvalue weighted by Crippen LogP contribution is 2.35. The summed E-state index contributed by atoms with van der Waals surface area (Å²) in [7, 11) is 2.07. The van der Waals surface area contributed by atoms with Crippen LogP contribution in [-0.4, -0.2) is 39.7 Å². The van der Waals surface area contributed by atoms with E-state index in [9.17, 15) is 5.11 Å². The number of hydrogen-bond donors (Lipinski definition) is 2. The molecule has 0 fully saturated rings. The number of anilines is 3. The van der Waals surface area contributed by atoms with E-state index in [0.29, 0.717) is 12.4 Å². The highest BCUT2D eigenvalue weighted by molar-refractivity contribution is 5.76. The topological polar surface area (TPSA) is 74.9 Å². The molecule has 2 aromatic heterocycles. The first kappa shape index (κ1) is 19.4. The maximum Gasteiger partial charge on any atom is 0.180 e. The van der Waals surface area contributed by atoms with Crippen molar-refractivity contribution in [3.05, 3.63) is 66.6 Å². The number of hydrogen-bond acceptors (Lipinski definition) is 6. The fourth-order valence-corrected chi connectivity index (χ4v) is 3.76. The van der Waals surface area contributed by atoms with Gasteiger partial charge in [0.1, 0.15) is 12.4 Å². The summed E-state index contributed by atoms with van der Waals surface area (Å²) >= 11 is 0. The van der Waals surface area contributed by atoms with Gasteiger partial charge in [-0.05, 0) is 49.7 Å². The van der Waals surface area contributed by atoms with Gasteiger partial charge in [0, 0.05) is 36.9 Å². The van der Waals surface area contributed by atoms with Gasteiger partial charge in [-0.3, -0.25) is 0 Å². The monoisotopic (exact) mass is 415 g/mol. The molecule has 0 radical (unpaired) electrons. The molecule has 2 N–H and O–H groups in total. The number of aliphatic hydroxyl groups is 1. The summed E-state index contributed by atoms with van der Waals surface area (Å²) in [5.41, 5.74) is 4.50. The van der Waals surface area contributed by atoms with Crippen LogP contribution in [0.15, 0.2) is 61.1 Å². The summed E-state index contributed by atoms with van der Waals surface area (Å²) in [6.07, 6.45) is 5.66. The molecule has 7 nitrogen and oxygen atoms in total. The van der Waals surface area contributed by atoms with E-state index < -0.39 is 5.60 Å². The lowest BCUT2D eigenvalue weighted by atomic mass is 9.98. The van der Waals surface area contributed by atoms with Crippen LogP contribution in [0.1, 0.15) is 19.4 Å². The van der Waals surface area contributed by atoms with Gasteiger partial charge in [-0.15, -0.1) is 0 Å². The maximum atomic E-state index is 10.2. The summed E-state index contributed by atoms with van der Waals surface area (Å²) in [4.78, 5) is 11.5. The molecule has 5 rings (SSSR count). The lowest BCUT2D eigenvalue weighted by Crippen LogP contribution is -2.28. The smallest absolute Gasteiger partial charge is 0.180 e. The van der Waals surface area contributed by atoms with E-state index in [1.807, 2.05) is 53.2 Å². The Bertz CT molecular complexity index is 1240. The molecule has 0 saturated heterocycles. The zero-order valence-electron chi connectivity index (χ0n) is 17.8. The molecule has 4 aromatic rings. The van der Waals surface area contributed by atoms with Gasteiger partial charge in [0.25, 0.3) is 0 Å². The molecule has 2 aromatic carbocycles. The number of aromatic nitrogens is 3. The van der Waals surface area contributed by atoms with E-state index in [1.165, 1.54) is 0 Å². The molecule has 0 atom stereocenters. The maximum absolute atomic E-state index is 10.2. The number of nitrogens with zero attached hydrogens (tertiary/aromatic N) is 4. The standard InChI is InChI=1S/C24H25N5O2/c1-24(2,30)17-5-7-18(8-6-17)26-22-23-25-10-11-29(23)15-19(27-22)16-4-9-21-20(14-16)28(3)12-13-31-21/h4-11,14-15,30H,12-13H2,1-3H3,(H,26,27). The van der Waals surface area contributed by atoms with E-state index in [2.05, 4.69) is 28.3 Å². The average molecular weight is 415 g/mol. The highest BCUT2D eigenvalue weighted by Gasteiger charge is 2.18. The molecule has 0 saturated carbocycles. The normalized spacial score (nSPS) is 13.7. The van der Waals surface area contributed by atoms with Crippen molar-refractivity contribution in [2.24, 2.45) is 0 Å². The van der Waals surface area contributed by atoms with Crippen LogP contribution in [0.25, 0.3) is 16.9 Å². The molecule has 1 aliphatic heterocycles. The summed E-state index contributed by atoms with van der Waals surface area (Å²) in [6.45, 7) is 5.10. The second-order valence-electron chi connectivity index (χ2n) is 8.35. The quantitative estimate of drug-likeness (QED) is 0.520. The van der Waals surface area contributed by atoms with Crippen molar-refractivity contribution in [1.29, 1.82) is 0 Å². The van der Waals surface area contributed by atoms with E-state index in [-0.39, 0.29) is 0 Å². The third kappa shape index (κ3) is 3.68. The Hall–Kier alpha value is -3.58. The minimum Gasteiger partial charge on any atom is -0.490 e. The van der Waals surface area contributed by atoms with Crippen LogP contribution in [-0.2, 0) is 5.60 Å². The average Bonchev–Trinajstić information content (AvgIpc) is 3.23. The van der Waals surface area contributed by atoms with Gasteiger partial charge in [-0.25, -0.2) is 9.97 Å². The van der Waals surface area contributed by atoms with Crippen LogP contribution >= 0.6 is 0 Å². The van der Waals surface area contributed by atoms with Crippen molar-refractivity contribution in [1.82, 2.24) is 14.4 Å². The molecule has 0 bridgehead atoms. The van der Waals surface area contributed by atoms with Gasteiger partial charge in [0.15, 0.2) is 11.5 Å². The lowest BCUT2D eigenvalue weighted by molar-refractivity contribution is 0.0786. The molecule has 0 spiro atoms. The predicted octanol–water partition coefficient (Wildman–Crippen LogP) is 4.20. The highest BCUT2D eigenvalue weighted by atomic mass is 16.5. The zero-order valence-corrected chi connectivity index (χ0v) is 17.8. The first-order valence-electron chi connectivity index (χ1n) is 10.3. The number of rotatable bonds is 4. The van der Waals surface area contributed by atoms with E-state index in [1.54, 1.807) is 20.0 Å². The fourth-order valence-electron chi connectivity index (χ4n) is 3.76. The number of nitrogens with one attached hydrogen (secondary N) is 1. The van der Waals surface area contributed by atoms with Crippen molar-refractivity contribution >= 4 is 22.8 Å². The summed E-state index contributed by atoms with van der Waals surface area (Å²) in [5, 5.41) is 13.6. The van der Waals surface area contributed by atoms with Crippen LogP contribution < -0.4 is 15.0 Å². The number of benzene rings is 2. The third-order valence-electron chi connectivity index (χ3n) is 5.58. The van der Waals surface area contributed by atoms with E-state index in [4.69, 9.17) is 9.72 Å². The molecule has 158 valence electrons. The van der Waals surface area contributed by atoms with Crippen molar-refractivity contribution < 1.29 is 9.84 Å². The van der Waals surface area contributed by atoms with Gasteiger partial charge in [-0.1, -0.05) is 12.1 Å². The largest absolute Gasteiger partial charge is 0.490 e. The molecule has 0 unspecified atom stereocenters. The summed E-state index contributed by atoms with van der Waals surface area (Å²) in [5.74, 6) is 1.56. The zero-order chi connectivity index (χ0) is 21.6. The van der Waals surface area contributed by atoms with Crippen LogP contribution in [0.3, 0.4) is 0 Å². The summed E-state index contributed by atoms with van der Waals surface area (Å²) < 4.78 is 7.74. The second kappa shape index (κ2) is 7.28. The van der Waals surface area contributed by atoms with Gasteiger partial charge in [-0.2, -0.15) is 0 Å². The molecular weight excluding hydrogens is 390 g/mol. The number of likely N-dealkylation sites (N-methyl/N-ethyl adjacent to an activating group) is 1. The summed E-state index contributed by atoms with van der Waals surface area (Å²) in [6, 6.07) is 13.8. The Morgan fingerprint density at radius 1 is 1.13 bits per heavy atom. The molecule has 0 amide bonds. The van der Waals surface area contributed by atoms with Gasteiger partial charge in [0.2, 0.25) is 0 Å². The molecule has 7 heteroatoms. The van der Waals surface area contributed by atoms with Gasteiger partial charge < -0.3 is 24.5 Å². The Kier molecular flexibility index (Phi) is 4.55. The Morgan fingerprint density at radius 2 is 1.94 bits per heavy atom. The van der Waals surface area contributed by atoms with E-state index >= 15 is 0 Å². The molecule has 1 aliphatic rings. The van der Waals surface area contributed by atoms with E-state index in [0.717, 1.165) is 46.1 Å². The van der Waals surface area contributed by atoms with Crippen molar-refractivity contribution in [3.8, 4) is 17.0 Å². The molecule has 0 aliphatic carbocycles. The number of ether oxygens (including phenoxy) is 1. The minimum atomic E-state index is -0.879. The first-order valence-corrected chi connectivity index (χ1v) is 10.3. The van der Waals surface area contributed by atoms with Crippen LogP contribution in [0.5, 0.6) is 5.75 Å². The Balaban J connectivity index is 1.53. The predicted molar refractivity (Wildman–Crippen MR) is 122 cm³/mol. The van der Waals surface area contributed by atoms with Crippen LogP contribution in [0, 0.1) is 0 Å². The van der Waals surface area contributed by atoms with Gasteiger partial charge >= 0.3 is 0 Å². The Morgan fingerprint density at radius 3 is 2.71 bits per heavy atom. The fraction of sp³-hybridized carbons (Fsp3) is 0.250. The third-order valence-corrected chi connectivity index (χ3v) is 5.58. The molecule has 3 heterocycles. The second-order valence-corrected chi connectivity index (χ2v) is 8.35. The van der Waals surface area contributed by atoms with Crippen molar-refractivity contribution in [3.63, 3.8) is 0 Å². The van der Waals surface area contributed by atoms with Crippen molar-refractivity contribution in [2.75, 3.05) is 30.4 Å². The lowest BCUT2D eigenvalue weighted by Gasteiger charge is -2.28. The minimum absolute atomic E-state index is 0.667. The number of imidazole rings is 1. The molecule has 31 heavy (non-hydrogen) atoms. The number of fused-ring (bicyclic) bond motifs is 2. The van der Waals surface area contributed by atoms with Crippen molar-refractivity contribution in [2.45, 2.75) is 19.4 Å². The van der Waals surface area contributed by atoms with Crippen LogP contribution in [0.4, 0.5) is 17.2 Å². The Labute approximate surface area is 181 Å². The van der Waals surface area contributed by atoms with Crippen LogP contribution in [0.2, 0.25) is 0 Å².